The van der Waals surface area contributed by atoms with E-state index in [-0.39, 0.29) is 17.5 Å². The first-order valence-electron chi connectivity index (χ1n) is 8.62. The summed E-state index contributed by atoms with van der Waals surface area (Å²) in [6, 6.07) is 0.434. The van der Waals surface area contributed by atoms with Gasteiger partial charge in [-0.25, -0.2) is 14.8 Å². The number of amides is 2. The predicted molar refractivity (Wildman–Crippen MR) is 99.4 cm³/mol. The number of nitrogens with two attached hydrogens (primary N) is 1. The Morgan fingerprint density at radius 1 is 1.36 bits per heavy atom. The van der Waals surface area contributed by atoms with E-state index in [4.69, 9.17) is 10.7 Å². The van der Waals surface area contributed by atoms with E-state index < -0.39 is 0 Å². The highest BCUT2D eigenvalue weighted by Crippen LogP contribution is 2.39. The second-order valence-electron chi connectivity index (χ2n) is 7.73. The van der Waals surface area contributed by atoms with E-state index in [1.807, 2.05) is 27.4 Å². The Morgan fingerprint density at radius 3 is 2.88 bits per heavy atom. The van der Waals surface area contributed by atoms with Crippen molar-refractivity contribution in [3.8, 4) is 0 Å². The van der Waals surface area contributed by atoms with E-state index in [1.54, 1.807) is 6.20 Å². The third-order valence-corrected chi connectivity index (χ3v) is 6.37. The molecular formula is C17H23BrN6O. The van der Waals surface area contributed by atoms with Crippen molar-refractivity contribution < 1.29 is 4.79 Å². The highest BCUT2D eigenvalue weighted by molar-refractivity contribution is 9.10. The summed E-state index contributed by atoms with van der Waals surface area (Å²) in [4.78, 5) is 25.6. The van der Waals surface area contributed by atoms with E-state index in [2.05, 4.69) is 34.8 Å². The number of piperidine rings is 1. The molecule has 2 aromatic heterocycles. The number of aromatic nitrogens is 3. The van der Waals surface area contributed by atoms with Crippen LogP contribution < -0.4 is 5.73 Å². The average Bonchev–Trinajstić information content (AvgIpc) is 2.91. The van der Waals surface area contributed by atoms with Crippen LogP contribution in [0.3, 0.4) is 0 Å². The topological polar surface area (TPSA) is 79.8 Å². The number of nitrogens with zero attached hydrogens (tertiary/aromatic N) is 5. The number of urea groups is 1. The highest BCUT2D eigenvalue weighted by Gasteiger charge is 2.45. The number of anilines is 1. The summed E-state index contributed by atoms with van der Waals surface area (Å²) in [5.74, 6) is 1.59. The molecular weight excluding hydrogens is 384 g/mol. The minimum absolute atomic E-state index is 0.0890. The van der Waals surface area contributed by atoms with Gasteiger partial charge >= 0.3 is 6.03 Å². The first-order valence-corrected chi connectivity index (χ1v) is 9.41. The second kappa shape index (κ2) is 5.59. The van der Waals surface area contributed by atoms with Crippen molar-refractivity contribution in [3.63, 3.8) is 0 Å². The van der Waals surface area contributed by atoms with Crippen molar-refractivity contribution in [2.45, 2.75) is 50.6 Å². The number of halogens is 1. The van der Waals surface area contributed by atoms with Crippen molar-refractivity contribution in [2.75, 3.05) is 19.3 Å². The van der Waals surface area contributed by atoms with Gasteiger partial charge in [-0.1, -0.05) is 0 Å². The van der Waals surface area contributed by atoms with Gasteiger partial charge in [-0.15, -0.1) is 0 Å². The molecule has 2 aliphatic heterocycles. The Hall–Kier alpha value is -1.83. The van der Waals surface area contributed by atoms with Crippen LogP contribution in [-0.2, 0) is 0 Å². The molecule has 2 atom stereocenters. The largest absolute Gasteiger partial charge is 0.382 e. The number of hydrogen-bond acceptors (Lipinski definition) is 4. The lowest BCUT2D eigenvalue weighted by Gasteiger charge is -2.52. The standard InChI is InChI=1S/C17H23BrN6O/c1-17(2)8-11-5-4-10(9-24(11)16(25)22(17)3)15-21-13(18)12-14(19)20-6-7-23(12)15/h6-7,10-11H,4-5,8-9H2,1-3H3,(H2,19,20). The molecule has 7 nitrogen and oxygen atoms in total. The number of fused-ring (bicyclic) bond motifs is 2. The van der Waals surface area contributed by atoms with E-state index in [9.17, 15) is 4.79 Å². The zero-order valence-corrected chi connectivity index (χ0v) is 16.3. The van der Waals surface area contributed by atoms with Gasteiger partial charge in [-0.05, 0) is 49.0 Å². The molecule has 8 heteroatoms. The molecule has 25 heavy (non-hydrogen) atoms. The molecule has 0 aliphatic carbocycles. The Balaban J connectivity index is 1.67. The summed E-state index contributed by atoms with van der Waals surface area (Å²) >= 11 is 3.50. The van der Waals surface area contributed by atoms with Crippen LogP contribution in [0.25, 0.3) is 5.52 Å². The third-order valence-electron chi connectivity index (χ3n) is 5.81. The van der Waals surface area contributed by atoms with Crippen molar-refractivity contribution >= 4 is 33.3 Å². The minimum atomic E-state index is -0.0890. The molecule has 2 aliphatic rings. The molecule has 2 aromatic rings. The van der Waals surface area contributed by atoms with E-state index in [0.29, 0.717) is 23.0 Å². The molecule has 2 amide bonds. The fraction of sp³-hybridized carbons (Fsp3) is 0.588. The van der Waals surface area contributed by atoms with Gasteiger partial charge in [0.25, 0.3) is 0 Å². The molecule has 0 spiro atoms. The molecule has 2 fully saturated rings. The normalized spacial score (nSPS) is 26.2. The Labute approximate surface area is 155 Å². The maximum absolute atomic E-state index is 12.9. The quantitative estimate of drug-likeness (QED) is 0.789. The number of imidazole rings is 1. The number of carbonyl (C=O) groups excluding carboxylic acids is 1. The first-order chi connectivity index (χ1) is 11.8. The van der Waals surface area contributed by atoms with Crippen LogP contribution in [0.5, 0.6) is 0 Å². The fourth-order valence-electron chi connectivity index (χ4n) is 4.18. The lowest BCUT2D eigenvalue weighted by atomic mass is 9.82. The van der Waals surface area contributed by atoms with Gasteiger partial charge in [0, 0.05) is 43.5 Å². The summed E-state index contributed by atoms with van der Waals surface area (Å²) in [6.07, 6.45) is 6.60. The van der Waals surface area contributed by atoms with Gasteiger partial charge in [0.2, 0.25) is 0 Å². The molecule has 134 valence electrons. The Morgan fingerprint density at radius 2 is 2.12 bits per heavy atom. The van der Waals surface area contributed by atoms with Gasteiger partial charge in [-0.2, -0.15) is 0 Å². The molecule has 0 aromatic carbocycles. The second-order valence-corrected chi connectivity index (χ2v) is 8.48. The van der Waals surface area contributed by atoms with Crippen LogP contribution in [0.4, 0.5) is 10.6 Å². The molecule has 2 unspecified atom stereocenters. The van der Waals surface area contributed by atoms with E-state index in [1.165, 1.54) is 0 Å². The van der Waals surface area contributed by atoms with Crippen LogP contribution in [0.2, 0.25) is 0 Å². The molecule has 4 rings (SSSR count). The summed E-state index contributed by atoms with van der Waals surface area (Å²) in [7, 11) is 1.90. The minimum Gasteiger partial charge on any atom is -0.382 e. The first kappa shape index (κ1) is 16.6. The van der Waals surface area contributed by atoms with Gasteiger partial charge in [0.05, 0.1) is 0 Å². The van der Waals surface area contributed by atoms with Crippen LogP contribution >= 0.6 is 15.9 Å². The predicted octanol–water partition coefficient (Wildman–Crippen LogP) is 2.86. The average molecular weight is 407 g/mol. The molecule has 0 saturated carbocycles. The number of carbonyl (C=O) groups is 1. The maximum atomic E-state index is 12.9. The smallest absolute Gasteiger partial charge is 0.320 e. The Bertz CT molecular complexity index is 847. The highest BCUT2D eigenvalue weighted by atomic mass is 79.9. The van der Waals surface area contributed by atoms with Crippen LogP contribution in [-0.4, -0.2) is 55.4 Å². The van der Waals surface area contributed by atoms with Gasteiger partial charge < -0.3 is 15.5 Å². The van der Waals surface area contributed by atoms with E-state index >= 15 is 0 Å². The van der Waals surface area contributed by atoms with E-state index in [0.717, 1.165) is 30.6 Å². The van der Waals surface area contributed by atoms with Gasteiger partial charge in [-0.3, -0.25) is 4.40 Å². The molecule has 2 saturated heterocycles. The summed E-state index contributed by atoms with van der Waals surface area (Å²) in [6.45, 7) is 4.98. The monoisotopic (exact) mass is 406 g/mol. The van der Waals surface area contributed by atoms with Crippen LogP contribution in [0.1, 0.15) is 44.9 Å². The summed E-state index contributed by atoms with van der Waals surface area (Å²) in [5, 5.41) is 0. The third kappa shape index (κ3) is 2.49. The fourth-order valence-corrected chi connectivity index (χ4v) is 4.76. The zero-order valence-electron chi connectivity index (χ0n) is 14.7. The number of nitrogen functional groups attached to an aromatic ring is 1. The lowest BCUT2D eigenvalue weighted by Crippen LogP contribution is -2.63. The van der Waals surface area contributed by atoms with Crippen molar-refractivity contribution in [2.24, 2.45) is 0 Å². The maximum Gasteiger partial charge on any atom is 0.320 e. The van der Waals surface area contributed by atoms with Crippen molar-refractivity contribution in [1.29, 1.82) is 0 Å². The van der Waals surface area contributed by atoms with Crippen LogP contribution in [0.15, 0.2) is 17.0 Å². The number of hydrogen-bond donors (Lipinski definition) is 1. The molecule has 4 heterocycles. The van der Waals surface area contributed by atoms with Gasteiger partial charge in [0.15, 0.2) is 5.82 Å². The summed E-state index contributed by atoms with van der Waals surface area (Å²) in [5.41, 5.74) is 6.71. The SMILES string of the molecule is CN1C(=O)N2CC(c3nc(Br)c4c(N)nccn34)CCC2CC1(C)C. The summed E-state index contributed by atoms with van der Waals surface area (Å²) < 4.78 is 2.71. The van der Waals surface area contributed by atoms with Crippen molar-refractivity contribution in [1.82, 2.24) is 24.2 Å². The lowest BCUT2D eigenvalue weighted by molar-refractivity contribution is 0.0231. The molecule has 0 radical (unpaired) electrons. The van der Waals surface area contributed by atoms with Gasteiger partial charge in [0.1, 0.15) is 15.9 Å². The van der Waals surface area contributed by atoms with Crippen molar-refractivity contribution in [3.05, 3.63) is 22.8 Å². The molecule has 0 bridgehead atoms. The Kier molecular flexibility index (Phi) is 3.72. The number of rotatable bonds is 1. The zero-order chi connectivity index (χ0) is 17.9. The molecule has 2 N–H and O–H groups in total. The van der Waals surface area contributed by atoms with Crippen LogP contribution in [0, 0.1) is 0 Å².